The van der Waals surface area contributed by atoms with Crippen LogP contribution in [0.2, 0.25) is 0 Å². The molecule has 0 atom stereocenters. The second kappa shape index (κ2) is 6.20. The molecule has 1 aromatic heterocycles. The first-order valence-electron chi connectivity index (χ1n) is 11.6. The lowest BCUT2D eigenvalue weighted by atomic mass is 9.82. The lowest BCUT2D eigenvalue weighted by molar-refractivity contribution is 0.997. The molecule has 4 aromatic carbocycles. The van der Waals surface area contributed by atoms with Crippen molar-refractivity contribution < 1.29 is 0 Å². The molecule has 0 amide bonds. The summed E-state index contributed by atoms with van der Waals surface area (Å²) in [5, 5.41) is 5.15. The number of allylic oxidation sites excluding steroid dienone is 3. The van der Waals surface area contributed by atoms with Gasteiger partial charge in [0.2, 0.25) is 0 Å². The summed E-state index contributed by atoms with van der Waals surface area (Å²) in [6, 6.07) is 30.8. The zero-order valence-corrected chi connectivity index (χ0v) is 18.0. The van der Waals surface area contributed by atoms with Crippen LogP contribution in [0.4, 0.5) is 11.4 Å². The lowest BCUT2D eigenvalue weighted by Gasteiger charge is -2.41. The third kappa shape index (κ3) is 2.20. The Hall–Kier alpha value is -4.17. The molecule has 154 valence electrons. The Morgan fingerprint density at radius 2 is 1.52 bits per heavy atom. The maximum Gasteiger partial charge on any atom is 0.0826 e. The van der Waals surface area contributed by atoms with Gasteiger partial charge in [-0.3, -0.25) is 0 Å². The summed E-state index contributed by atoms with van der Waals surface area (Å²) in [6.45, 7) is 0. The van der Waals surface area contributed by atoms with Crippen LogP contribution in [-0.2, 0) is 0 Å². The number of rotatable bonds is 1. The number of fused-ring (bicyclic) bond motifs is 5. The smallest absolute Gasteiger partial charge is 0.0826 e. The summed E-state index contributed by atoms with van der Waals surface area (Å²) in [5.74, 6) is 0. The fraction of sp³-hybridized carbons (Fsp3) is 0.0645. The van der Waals surface area contributed by atoms with Gasteiger partial charge in [-0.25, -0.2) is 4.98 Å². The topological polar surface area (TPSA) is 16.1 Å². The number of benzene rings is 4. The Bertz CT molecular complexity index is 1700. The van der Waals surface area contributed by atoms with Gasteiger partial charge in [-0.2, -0.15) is 0 Å². The van der Waals surface area contributed by atoms with E-state index < -0.39 is 0 Å². The predicted molar refractivity (Wildman–Crippen MR) is 138 cm³/mol. The number of hydrogen-bond acceptors (Lipinski definition) is 2. The molecule has 0 spiro atoms. The second-order valence-electron chi connectivity index (χ2n) is 9.08. The van der Waals surface area contributed by atoms with Crippen LogP contribution in [-0.4, -0.2) is 4.98 Å². The molecule has 2 aliphatic heterocycles. The second-order valence-corrected chi connectivity index (χ2v) is 9.08. The summed E-state index contributed by atoms with van der Waals surface area (Å²) in [6.07, 6.45) is 6.92. The maximum absolute atomic E-state index is 5.29. The summed E-state index contributed by atoms with van der Waals surface area (Å²) in [5.41, 5.74) is 11.0. The molecule has 3 heterocycles. The number of hydrogen-bond donors (Lipinski definition) is 0. The average Bonchev–Trinajstić information content (AvgIpc) is 2.89. The van der Waals surface area contributed by atoms with E-state index in [0.717, 1.165) is 29.8 Å². The van der Waals surface area contributed by atoms with Gasteiger partial charge in [0.05, 0.1) is 28.5 Å². The number of anilines is 2. The minimum atomic E-state index is 1.04. The number of aromatic nitrogens is 1. The first kappa shape index (κ1) is 17.4. The Morgan fingerprint density at radius 3 is 2.42 bits per heavy atom. The Balaban J connectivity index is 1.56. The molecule has 33 heavy (non-hydrogen) atoms. The van der Waals surface area contributed by atoms with Crippen LogP contribution in [0.15, 0.2) is 103 Å². The van der Waals surface area contributed by atoms with Gasteiger partial charge in [-0.05, 0) is 41.3 Å². The standard InChI is InChI=1S/C31H20N2/c1-2-8-19(9-3-1)25-18-21-16-17-23-22-13-6-10-20-11-7-15-27(28(20)22)33-26-14-5-4-12-24(26)30(32-25)29(21)31(23)33/h1-3,6-18H,4-5H2. The molecule has 3 aliphatic rings. The van der Waals surface area contributed by atoms with Crippen LogP contribution >= 0.6 is 0 Å². The fourth-order valence-corrected chi connectivity index (χ4v) is 5.93. The van der Waals surface area contributed by atoms with Crippen LogP contribution < -0.4 is 4.90 Å². The van der Waals surface area contributed by atoms with Crippen molar-refractivity contribution in [2.45, 2.75) is 12.8 Å². The van der Waals surface area contributed by atoms with Gasteiger partial charge in [-0.1, -0.05) is 84.9 Å². The summed E-state index contributed by atoms with van der Waals surface area (Å²) < 4.78 is 0. The molecule has 0 unspecified atom stereocenters. The SMILES string of the molecule is C1=C2C(=CCC1)N1c3cccc4cccc(c34)-c3ccc4cc(-c5ccccc5)nc2c4c31. The molecule has 0 N–H and O–H groups in total. The zero-order chi connectivity index (χ0) is 21.5. The van der Waals surface area contributed by atoms with E-state index in [1.807, 2.05) is 0 Å². The minimum Gasteiger partial charge on any atom is -0.308 e. The monoisotopic (exact) mass is 420 g/mol. The van der Waals surface area contributed by atoms with Gasteiger partial charge in [0.15, 0.2) is 0 Å². The van der Waals surface area contributed by atoms with E-state index in [-0.39, 0.29) is 0 Å². The largest absolute Gasteiger partial charge is 0.308 e. The molecule has 8 rings (SSSR count). The minimum absolute atomic E-state index is 1.04. The Morgan fingerprint density at radius 1 is 0.667 bits per heavy atom. The highest BCUT2D eigenvalue weighted by atomic mass is 15.2. The van der Waals surface area contributed by atoms with Crippen molar-refractivity contribution in [3.05, 3.63) is 108 Å². The van der Waals surface area contributed by atoms with Crippen LogP contribution in [0.1, 0.15) is 18.5 Å². The Labute approximate surface area is 192 Å². The van der Waals surface area contributed by atoms with Gasteiger partial charge in [-0.15, -0.1) is 0 Å². The molecule has 0 saturated carbocycles. The van der Waals surface area contributed by atoms with E-state index in [1.54, 1.807) is 0 Å². The maximum atomic E-state index is 5.29. The third-order valence-electron chi connectivity index (χ3n) is 7.30. The molecule has 0 bridgehead atoms. The molecule has 2 nitrogen and oxygen atoms in total. The molecule has 0 fully saturated rings. The first-order chi connectivity index (χ1) is 16.4. The van der Waals surface area contributed by atoms with Gasteiger partial charge in [0, 0.05) is 27.5 Å². The number of pyridine rings is 1. The molecular formula is C31H20N2. The summed E-state index contributed by atoms with van der Waals surface area (Å²) >= 11 is 0. The molecule has 0 radical (unpaired) electrons. The third-order valence-corrected chi connectivity index (χ3v) is 7.30. The van der Waals surface area contributed by atoms with Crippen LogP contribution in [0, 0.1) is 0 Å². The van der Waals surface area contributed by atoms with E-state index >= 15 is 0 Å². The molecular weight excluding hydrogens is 400 g/mol. The van der Waals surface area contributed by atoms with Crippen molar-refractivity contribution >= 4 is 38.5 Å². The number of nitrogens with zero attached hydrogens (tertiary/aromatic N) is 2. The summed E-state index contributed by atoms with van der Waals surface area (Å²) in [7, 11) is 0. The van der Waals surface area contributed by atoms with Gasteiger partial charge in [0.1, 0.15) is 0 Å². The fourth-order valence-electron chi connectivity index (χ4n) is 5.93. The molecule has 2 heteroatoms. The van der Waals surface area contributed by atoms with E-state index in [1.165, 1.54) is 55.3 Å². The average molecular weight is 421 g/mol. The highest BCUT2D eigenvalue weighted by Gasteiger charge is 2.36. The van der Waals surface area contributed by atoms with Crippen molar-refractivity contribution in [2.24, 2.45) is 0 Å². The normalized spacial score (nSPS) is 15.3. The van der Waals surface area contributed by atoms with Crippen LogP contribution in [0.3, 0.4) is 0 Å². The molecule has 0 saturated heterocycles. The van der Waals surface area contributed by atoms with Crippen LogP contribution in [0.5, 0.6) is 0 Å². The zero-order valence-electron chi connectivity index (χ0n) is 18.0. The molecule has 1 aliphatic carbocycles. The van der Waals surface area contributed by atoms with Crippen molar-refractivity contribution in [1.82, 2.24) is 4.98 Å². The van der Waals surface area contributed by atoms with Gasteiger partial charge in [0.25, 0.3) is 0 Å². The highest BCUT2D eigenvalue weighted by molar-refractivity contribution is 6.23. The predicted octanol–water partition coefficient (Wildman–Crippen LogP) is 8.25. The van der Waals surface area contributed by atoms with Crippen molar-refractivity contribution in [3.8, 4) is 22.4 Å². The lowest BCUT2D eigenvalue weighted by Crippen LogP contribution is -2.26. The summed E-state index contributed by atoms with van der Waals surface area (Å²) in [4.78, 5) is 7.80. The highest BCUT2D eigenvalue weighted by Crippen LogP contribution is 2.57. The van der Waals surface area contributed by atoms with E-state index in [4.69, 9.17) is 4.98 Å². The van der Waals surface area contributed by atoms with Crippen molar-refractivity contribution in [1.29, 1.82) is 0 Å². The van der Waals surface area contributed by atoms with E-state index in [9.17, 15) is 0 Å². The van der Waals surface area contributed by atoms with Gasteiger partial charge >= 0.3 is 0 Å². The quantitative estimate of drug-likeness (QED) is 0.271. The van der Waals surface area contributed by atoms with Crippen molar-refractivity contribution in [3.63, 3.8) is 0 Å². The first-order valence-corrected chi connectivity index (χ1v) is 11.6. The van der Waals surface area contributed by atoms with E-state index in [2.05, 4.69) is 102 Å². The molecule has 5 aromatic rings. The van der Waals surface area contributed by atoms with Gasteiger partial charge < -0.3 is 4.90 Å². The van der Waals surface area contributed by atoms with Crippen LogP contribution in [0.25, 0.3) is 49.5 Å². The van der Waals surface area contributed by atoms with Crippen molar-refractivity contribution in [2.75, 3.05) is 4.90 Å². The van der Waals surface area contributed by atoms with E-state index in [0.29, 0.717) is 0 Å². The Kier molecular flexibility index (Phi) is 3.27.